The van der Waals surface area contributed by atoms with Crippen molar-refractivity contribution in [2.45, 2.75) is 50.2 Å². The van der Waals surface area contributed by atoms with E-state index in [1.54, 1.807) is 16.8 Å². The van der Waals surface area contributed by atoms with Crippen LogP contribution in [0.4, 0.5) is 0 Å². The zero-order valence-corrected chi connectivity index (χ0v) is 15.8. The molecule has 25 heavy (non-hydrogen) atoms. The molecule has 0 radical (unpaired) electrons. The van der Waals surface area contributed by atoms with Gasteiger partial charge >= 0.3 is 0 Å². The summed E-state index contributed by atoms with van der Waals surface area (Å²) >= 11 is 7.30. The van der Waals surface area contributed by atoms with Crippen molar-refractivity contribution in [3.05, 3.63) is 29.3 Å². The van der Waals surface area contributed by atoms with Gasteiger partial charge in [-0.1, -0.05) is 42.6 Å². The Kier molecular flexibility index (Phi) is 6.31. The first-order valence-corrected chi connectivity index (χ1v) is 10.0. The van der Waals surface area contributed by atoms with Crippen molar-refractivity contribution in [1.29, 1.82) is 0 Å². The van der Waals surface area contributed by atoms with Gasteiger partial charge in [-0.2, -0.15) is 4.68 Å². The molecule has 1 heterocycles. The van der Waals surface area contributed by atoms with Crippen LogP contribution in [0.2, 0.25) is 5.02 Å². The lowest BCUT2D eigenvalue weighted by molar-refractivity contribution is -0.131. The number of thioether (sulfide) groups is 1. The number of amides is 1. The molecule has 0 aliphatic heterocycles. The minimum absolute atomic E-state index is 0.157. The van der Waals surface area contributed by atoms with E-state index in [-0.39, 0.29) is 5.91 Å². The standard InChI is InChI=1S/C17H22ClN5OS/c1-2-22(14-6-4-3-5-7-14)16(24)12-25-17-19-20-21-23(17)15-10-8-13(18)9-11-15/h8-11,14H,2-7,12H2,1H3. The SMILES string of the molecule is CCN(C(=O)CSc1nnnn1-c1ccc(Cl)cc1)C1CCCCC1. The van der Waals surface area contributed by atoms with Crippen molar-refractivity contribution >= 4 is 29.3 Å². The Morgan fingerprint density at radius 3 is 2.68 bits per heavy atom. The smallest absolute Gasteiger partial charge is 0.233 e. The fraction of sp³-hybridized carbons (Fsp3) is 0.529. The number of halogens is 1. The Balaban J connectivity index is 1.64. The third-order valence-electron chi connectivity index (χ3n) is 4.51. The number of benzene rings is 1. The van der Waals surface area contributed by atoms with Crippen LogP contribution in [0.5, 0.6) is 0 Å². The molecule has 0 atom stereocenters. The lowest BCUT2D eigenvalue weighted by atomic mass is 9.94. The van der Waals surface area contributed by atoms with E-state index in [2.05, 4.69) is 22.4 Å². The van der Waals surface area contributed by atoms with Gasteiger partial charge in [-0.25, -0.2) is 0 Å². The van der Waals surface area contributed by atoms with Crippen molar-refractivity contribution in [2.75, 3.05) is 12.3 Å². The number of tetrazole rings is 1. The number of hydrogen-bond acceptors (Lipinski definition) is 5. The lowest BCUT2D eigenvalue weighted by Gasteiger charge is -2.33. The first kappa shape index (κ1) is 18.2. The summed E-state index contributed by atoms with van der Waals surface area (Å²) in [4.78, 5) is 14.7. The maximum absolute atomic E-state index is 12.7. The van der Waals surface area contributed by atoms with Gasteiger partial charge in [-0.3, -0.25) is 4.79 Å². The molecule has 1 aromatic carbocycles. The first-order valence-electron chi connectivity index (χ1n) is 8.65. The van der Waals surface area contributed by atoms with Gasteiger partial charge in [0.15, 0.2) is 0 Å². The van der Waals surface area contributed by atoms with E-state index in [4.69, 9.17) is 11.6 Å². The molecule has 0 unspecified atom stereocenters. The van der Waals surface area contributed by atoms with Crippen LogP contribution in [0.25, 0.3) is 5.69 Å². The molecular formula is C17H22ClN5OS. The predicted octanol–water partition coefficient (Wildman–Crippen LogP) is 3.59. The van der Waals surface area contributed by atoms with Crippen LogP contribution in [0.1, 0.15) is 39.0 Å². The number of hydrogen-bond donors (Lipinski definition) is 0. The highest BCUT2D eigenvalue weighted by atomic mass is 35.5. The Morgan fingerprint density at radius 1 is 1.28 bits per heavy atom. The third kappa shape index (κ3) is 4.52. The van der Waals surface area contributed by atoms with Crippen LogP contribution in [-0.2, 0) is 4.79 Å². The van der Waals surface area contributed by atoms with E-state index >= 15 is 0 Å². The van der Waals surface area contributed by atoms with Crippen LogP contribution >= 0.6 is 23.4 Å². The number of nitrogens with zero attached hydrogens (tertiary/aromatic N) is 5. The number of rotatable bonds is 6. The summed E-state index contributed by atoms with van der Waals surface area (Å²) in [7, 11) is 0. The largest absolute Gasteiger partial charge is 0.339 e. The topological polar surface area (TPSA) is 63.9 Å². The molecule has 6 nitrogen and oxygen atoms in total. The van der Waals surface area contributed by atoms with Gasteiger partial charge in [-0.05, 0) is 54.5 Å². The average Bonchev–Trinajstić information content (AvgIpc) is 3.11. The highest BCUT2D eigenvalue weighted by molar-refractivity contribution is 7.99. The van der Waals surface area contributed by atoms with Crippen molar-refractivity contribution in [2.24, 2.45) is 0 Å². The number of carbonyl (C=O) groups is 1. The molecule has 1 amide bonds. The maximum Gasteiger partial charge on any atom is 0.233 e. The summed E-state index contributed by atoms with van der Waals surface area (Å²) in [5.74, 6) is 0.503. The van der Waals surface area contributed by atoms with Crippen molar-refractivity contribution < 1.29 is 4.79 Å². The molecule has 0 bridgehead atoms. The Bertz CT molecular complexity index is 699. The summed E-state index contributed by atoms with van der Waals surface area (Å²) in [6.07, 6.45) is 5.96. The molecule has 0 spiro atoms. The third-order valence-corrected chi connectivity index (χ3v) is 5.67. The van der Waals surface area contributed by atoms with Crippen LogP contribution in [0.3, 0.4) is 0 Å². The van der Waals surface area contributed by atoms with Crippen molar-refractivity contribution in [3.63, 3.8) is 0 Å². The lowest BCUT2D eigenvalue weighted by Crippen LogP contribution is -2.42. The van der Waals surface area contributed by atoms with Crippen LogP contribution in [0, 0.1) is 0 Å². The van der Waals surface area contributed by atoms with Gasteiger partial charge in [0, 0.05) is 17.6 Å². The fourth-order valence-electron chi connectivity index (χ4n) is 3.25. The zero-order valence-electron chi connectivity index (χ0n) is 14.3. The molecule has 3 rings (SSSR count). The molecule has 1 aliphatic rings. The van der Waals surface area contributed by atoms with E-state index in [0.717, 1.165) is 25.1 Å². The summed E-state index contributed by atoms with van der Waals surface area (Å²) in [6.45, 7) is 2.81. The Labute approximate surface area is 156 Å². The van der Waals surface area contributed by atoms with Gasteiger partial charge in [0.1, 0.15) is 0 Å². The molecule has 0 saturated heterocycles. The summed E-state index contributed by atoms with van der Waals surface area (Å²) in [5, 5.41) is 13.1. The van der Waals surface area contributed by atoms with Crippen molar-refractivity contribution in [1.82, 2.24) is 25.1 Å². The molecule has 1 saturated carbocycles. The quantitative estimate of drug-likeness (QED) is 0.717. The normalized spacial score (nSPS) is 15.3. The highest BCUT2D eigenvalue weighted by Crippen LogP contribution is 2.25. The first-order chi connectivity index (χ1) is 12.2. The van der Waals surface area contributed by atoms with Gasteiger partial charge in [0.05, 0.1) is 11.4 Å². The molecule has 1 aliphatic carbocycles. The van der Waals surface area contributed by atoms with Crippen LogP contribution < -0.4 is 0 Å². The van der Waals surface area contributed by atoms with Gasteiger partial charge in [0.25, 0.3) is 0 Å². The second-order valence-corrected chi connectivity index (χ2v) is 7.49. The Hall–Kier alpha value is -1.60. The maximum atomic E-state index is 12.7. The Morgan fingerprint density at radius 2 is 2.00 bits per heavy atom. The van der Waals surface area contributed by atoms with E-state index < -0.39 is 0 Å². The summed E-state index contributed by atoms with van der Waals surface area (Å²) in [5.41, 5.74) is 0.823. The molecule has 0 N–H and O–H groups in total. The molecular weight excluding hydrogens is 358 g/mol. The second-order valence-electron chi connectivity index (χ2n) is 6.11. The van der Waals surface area contributed by atoms with Crippen molar-refractivity contribution in [3.8, 4) is 5.69 Å². The summed E-state index contributed by atoms with van der Waals surface area (Å²) < 4.78 is 1.63. The summed E-state index contributed by atoms with van der Waals surface area (Å²) in [6, 6.07) is 7.68. The van der Waals surface area contributed by atoms with Gasteiger partial charge in [0.2, 0.25) is 11.1 Å². The second kappa shape index (κ2) is 8.67. The predicted molar refractivity (Wildman–Crippen MR) is 99.1 cm³/mol. The van der Waals surface area contributed by atoms with Crippen LogP contribution in [-0.4, -0.2) is 49.4 Å². The van der Waals surface area contributed by atoms with E-state index in [9.17, 15) is 4.79 Å². The molecule has 1 fully saturated rings. The number of carbonyl (C=O) groups excluding carboxylic acids is 1. The van der Waals surface area contributed by atoms with Gasteiger partial charge in [-0.15, -0.1) is 5.10 Å². The zero-order chi connectivity index (χ0) is 17.6. The van der Waals surface area contributed by atoms with E-state index in [1.165, 1.54) is 31.0 Å². The monoisotopic (exact) mass is 379 g/mol. The highest BCUT2D eigenvalue weighted by Gasteiger charge is 2.24. The minimum Gasteiger partial charge on any atom is -0.339 e. The fourth-order valence-corrected chi connectivity index (χ4v) is 4.16. The molecule has 8 heteroatoms. The van der Waals surface area contributed by atoms with E-state index in [1.807, 2.05) is 17.0 Å². The van der Waals surface area contributed by atoms with Gasteiger partial charge < -0.3 is 4.90 Å². The molecule has 134 valence electrons. The minimum atomic E-state index is 0.157. The van der Waals surface area contributed by atoms with Crippen LogP contribution in [0.15, 0.2) is 29.4 Å². The molecule has 2 aromatic rings. The average molecular weight is 380 g/mol. The van der Waals surface area contributed by atoms with E-state index in [0.29, 0.717) is 22.0 Å². The molecule has 1 aromatic heterocycles. The number of aromatic nitrogens is 4.